The van der Waals surface area contributed by atoms with Crippen LogP contribution in [0.15, 0.2) is 36.4 Å². The summed E-state index contributed by atoms with van der Waals surface area (Å²) in [5.41, 5.74) is 1.91. The van der Waals surface area contributed by atoms with Crippen LogP contribution >= 0.6 is 23.2 Å². The highest BCUT2D eigenvalue weighted by Gasteiger charge is 2.30. The van der Waals surface area contributed by atoms with Gasteiger partial charge in [0.15, 0.2) is 0 Å². The highest BCUT2D eigenvalue weighted by Crippen LogP contribution is 2.37. The zero-order valence-corrected chi connectivity index (χ0v) is 17.8. The molecule has 1 atom stereocenters. The molecule has 0 spiro atoms. The van der Waals surface area contributed by atoms with Gasteiger partial charge in [0.2, 0.25) is 0 Å². The first-order valence-corrected chi connectivity index (χ1v) is 9.93. The first-order valence-electron chi connectivity index (χ1n) is 9.18. The van der Waals surface area contributed by atoms with Crippen LogP contribution in [0.25, 0.3) is 10.9 Å². The number of benzene rings is 2. The van der Waals surface area contributed by atoms with E-state index in [9.17, 15) is 19.8 Å². The van der Waals surface area contributed by atoms with Crippen LogP contribution in [0.1, 0.15) is 47.8 Å². The van der Waals surface area contributed by atoms with Gasteiger partial charge in [-0.2, -0.15) is 0 Å². The van der Waals surface area contributed by atoms with Crippen LogP contribution < -0.4 is 0 Å². The number of aromatic nitrogens is 1. The molecule has 5 nitrogen and oxygen atoms in total. The second-order valence-corrected chi connectivity index (χ2v) is 8.30. The Morgan fingerprint density at radius 3 is 2.34 bits per heavy atom. The molecule has 0 bridgehead atoms. The first-order chi connectivity index (χ1) is 13.6. The molecule has 1 heterocycles. The number of carbonyl (C=O) groups excluding carboxylic acids is 1. The summed E-state index contributed by atoms with van der Waals surface area (Å²) >= 11 is 12.0. The molecule has 152 valence electrons. The van der Waals surface area contributed by atoms with Gasteiger partial charge in [-0.3, -0.25) is 14.2 Å². The molecule has 1 aromatic heterocycles. The number of halogens is 2. The molecule has 0 saturated carbocycles. The average Bonchev–Trinajstić information content (AvgIpc) is 2.92. The van der Waals surface area contributed by atoms with E-state index in [0.717, 1.165) is 0 Å². The number of aromatic hydroxyl groups is 1. The molecular weight excluding hydrogens is 413 g/mol. The number of fused-ring (bicyclic) bond motifs is 1. The number of nitrogens with zero attached hydrogens (tertiary/aromatic N) is 1. The lowest BCUT2D eigenvalue weighted by Gasteiger charge is -2.16. The van der Waals surface area contributed by atoms with Crippen molar-refractivity contribution in [1.29, 1.82) is 0 Å². The minimum absolute atomic E-state index is 0.00609. The molecule has 3 aromatic rings. The van der Waals surface area contributed by atoms with Crippen molar-refractivity contribution in [3.05, 3.63) is 63.3 Å². The van der Waals surface area contributed by atoms with Crippen molar-refractivity contribution < 1.29 is 19.8 Å². The Bertz CT molecular complexity index is 1120. The second-order valence-electron chi connectivity index (χ2n) is 7.49. The Morgan fingerprint density at radius 2 is 1.76 bits per heavy atom. The molecule has 1 unspecified atom stereocenters. The van der Waals surface area contributed by atoms with E-state index < -0.39 is 11.9 Å². The van der Waals surface area contributed by atoms with Gasteiger partial charge in [0, 0.05) is 16.6 Å². The number of carboxylic acids is 1. The highest BCUT2D eigenvalue weighted by molar-refractivity contribution is 6.42. The van der Waals surface area contributed by atoms with E-state index in [1.165, 1.54) is 22.8 Å². The summed E-state index contributed by atoms with van der Waals surface area (Å²) in [5.74, 6) is -1.98. The summed E-state index contributed by atoms with van der Waals surface area (Å²) in [4.78, 5) is 25.4. The lowest BCUT2D eigenvalue weighted by molar-refractivity contribution is -0.139. The maximum atomic E-state index is 13.3. The molecule has 0 radical (unpaired) electrons. The molecular formula is C22H21Cl2NO4. The predicted molar refractivity (Wildman–Crippen MR) is 114 cm³/mol. The Balaban J connectivity index is 2.28. The quantitative estimate of drug-likeness (QED) is 0.527. The van der Waals surface area contributed by atoms with Crippen LogP contribution in [-0.4, -0.2) is 26.7 Å². The fourth-order valence-corrected chi connectivity index (χ4v) is 4.00. The zero-order chi connectivity index (χ0) is 21.5. The maximum Gasteiger partial charge on any atom is 0.311 e. The van der Waals surface area contributed by atoms with E-state index in [-0.39, 0.29) is 22.6 Å². The minimum Gasteiger partial charge on any atom is -0.508 e. The van der Waals surface area contributed by atoms with E-state index >= 15 is 0 Å². The Morgan fingerprint density at radius 1 is 1.07 bits per heavy atom. The van der Waals surface area contributed by atoms with E-state index in [1.54, 1.807) is 25.1 Å². The molecule has 7 heteroatoms. The molecule has 0 aliphatic rings. The molecule has 0 amide bonds. The lowest BCUT2D eigenvalue weighted by atomic mass is 9.88. The smallest absolute Gasteiger partial charge is 0.311 e. The van der Waals surface area contributed by atoms with Crippen LogP contribution in [0, 0.1) is 12.8 Å². The van der Waals surface area contributed by atoms with Gasteiger partial charge in [0.05, 0.1) is 21.5 Å². The van der Waals surface area contributed by atoms with Gasteiger partial charge in [-0.1, -0.05) is 37.0 Å². The summed E-state index contributed by atoms with van der Waals surface area (Å²) in [6.07, 6.45) is 0.409. The monoisotopic (exact) mass is 433 g/mol. The molecule has 2 aromatic carbocycles. The van der Waals surface area contributed by atoms with Crippen molar-refractivity contribution in [2.45, 2.75) is 33.1 Å². The molecule has 0 saturated heterocycles. The van der Waals surface area contributed by atoms with E-state index in [0.29, 0.717) is 39.2 Å². The van der Waals surface area contributed by atoms with Gasteiger partial charge in [-0.15, -0.1) is 0 Å². The highest BCUT2D eigenvalue weighted by atomic mass is 35.5. The van der Waals surface area contributed by atoms with Crippen LogP contribution in [0.4, 0.5) is 0 Å². The average molecular weight is 434 g/mol. The van der Waals surface area contributed by atoms with Crippen molar-refractivity contribution in [3.63, 3.8) is 0 Å². The molecule has 0 aliphatic heterocycles. The molecule has 0 aliphatic carbocycles. The normalized spacial score (nSPS) is 12.5. The number of phenolic OH excluding ortho intramolecular Hbond substituents is 1. The number of rotatable bonds is 5. The van der Waals surface area contributed by atoms with Gasteiger partial charge in [-0.25, -0.2) is 0 Å². The van der Waals surface area contributed by atoms with Crippen LogP contribution in [0.5, 0.6) is 5.75 Å². The van der Waals surface area contributed by atoms with Crippen LogP contribution in [0.3, 0.4) is 0 Å². The van der Waals surface area contributed by atoms with Crippen molar-refractivity contribution in [1.82, 2.24) is 4.57 Å². The summed E-state index contributed by atoms with van der Waals surface area (Å²) in [5, 5.41) is 21.0. The number of carbonyl (C=O) groups is 2. The third kappa shape index (κ3) is 3.98. The van der Waals surface area contributed by atoms with Crippen molar-refractivity contribution in [2.75, 3.05) is 0 Å². The number of carboxylic acid groups (broad SMARTS) is 1. The van der Waals surface area contributed by atoms with Crippen molar-refractivity contribution in [2.24, 2.45) is 5.92 Å². The number of aliphatic carboxylic acids is 1. The van der Waals surface area contributed by atoms with Crippen molar-refractivity contribution >= 4 is 46.0 Å². The fraction of sp³-hybridized carbons (Fsp3) is 0.273. The first kappa shape index (κ1) is 21.2. The third-order valence-corrected chi connectivity index (χ3v) is 5.70. The maximum absolute atomic E-state index is 13.3. The number of hydrogen-bond donors (Lipinski definition) is 2. The standard InChI is InChI=1S/C22H21Cl2NO4/c1-11(2)8-16(22(28)29)20-12(3)25(19-7-5-14(26)10-15(19)20)21(27)13-4-6-17(23)18(24)9-13/h4-7,9-11,16,26H,8H2,1-3H3,(H,28,29). The third-order valence-electron chi connectivity index (χ3n) is 4.96. The predicted octanol–water partition coefficient (Wildman–Crippen LogP) is 5.86. The van der Waals surface area contributed by atoms with Crippen LogP contribution in [0.2, 0.25) is 10.0 Å². The Hall–Kier alpha value is -2.50. The summed E-state index contributed by atoms with van der Waals surface area (Å²) in [7, 11) is 0. The Kier molecular flexibility index (Phi) is 5.92. The van der Waals surface area contributed by atoms with Gasteiger partial charge >= 0.3 is 5.97 Å². The van der Waals surface area contributed by atoms with Crippen LogP contribution in [-0.2, 0) is 4.79 Å². The second kappa shape index (κ2) is 8.09. The SMILES string of the molecule is Cc1c(C(CC(C)C)C(=O)O)c2cc(O)ccc2n1C(=O)c1ccc(Cl)c(Cl)c1. The van der Waals surface area contributed by atoms with Crippen molar-refractivity contribution in [3.8, 4) is 5.75 Å². The topological polar surface area (TPSA) is 79.5 Å². The summed E-state index contributed by atoms with van der Waals surface area (Å²) in [6.45, 7) is 5.61. The fourth-order valence-electron chi connectivity index (χ4n) is 3.70. The number of phenols is 1. The van der Waals surface area contributed by atoms with Gasteiger partial charge < -0.3 is 10.2 Å². The van der Waals surface area contributed by atoms with Gasteiger partial charge in [0.1, 0.15) is 5.75 Å². The molecule has 29 heavy (non-hydrogen) atoms. The Labute approximate surface area is 178 Å². The van der Waals surface area contributed by atoms with Gasteiger partial charge in [0.25, 0.3) is 5.91 Å². The summed E-state index contributed by atoms with van der Waals surface area (Å²) in [6, 6.07) is 9.20. The minimum atomic E-state index is -0.967. The molecule has 3 rings (SSSR count). The lowest BCUT2D eigenvalue weighted by Crippen LogP contribution is -2.17. The summed E-state index contributed by atoms with van der Waals surface area (Å²) < 4.78 is 1.47. The zero-order valence-electron chi connectivity index (χ0n) is 16.2. The van der Waals surface area contributed by atoms with E-state index in [4.69, 9.17) is 23.2 Å². The van der Waals surface area contributed by atoms with Gasteiger partial charge in [-0.05, 0) is 61.2 Å². The molecule has 2 N–H and O–H groups in total. The van der Waals surface area contributed by atoms with E-state index in [2.05, 4.69) is 0 Å². The number of hydrogen-bond acceptors (Lipinski definition) is 3. The molecule has 0 fully saturated rings. The van der Waals surface area contributed by atoms with E-state index in [1.807, 2.05) is 13.8 Å². The largest absolute Gasteiger partial charge is 0.508 e.